The Morgan fingerprint density at radius 3 is 2.49 bits per heavy atom. The molecule has 0 spiro atoms. The number of rotatable bonds is 7. The number of carbonyl (C=O) groups is 1. The quantitative estimate of drug-likeness (QED) is 0.270. The minimum Gasteiger partial charge on any atom is -0.467 e. The van der Waals surface area contributed by atoms with Gasteiger partial charge in [-0.3, -0.25) is 0 Å². The zero-order chi connectivity index (χ0) is 31.8. The molecule has 0 saturated carbocycles. The van der Waals surface area contributed by atoms with E-state index in [1.807, 2.05) is 57.4 Å². The molecule has 45 heavy (non-hydrogen) atoms. The van der Waals surface area contributed by atoms with Crippen molar-refractivity contribution in [2.45, 2.75) is 64.2 Å². The van der Waals surface area contributed by atoms with E-state index in [2.05, 4.69) is 33.1 Å². The highest BCUT2D eigenvalue weighted by Crippen LogP contribution is 2.40. The number of hydrogen-bond acceptors (Lipinski definition) is 10. The second kappa shape index (κ2) is 12.2. The third-order valence-corrected chi connectivity index (χ3v) is 8.70. The lowest BCUT2D eigenvalue weighted by molar-refractivity contribution is -0.0654. The number of piperidine rings is 1. The molecule has 4 aromatic rings. The lowest BCUT2D eigenvalue weighted by Crippen LogP contribution is -2.47. The molecule has 2 aliphatic rings. The molecule has 6 rings (SSSR count). The van der Waals surface area contributed by atoms with Gasteiger partial charge in [-0.15, -0.1) is 10.2 Å². The molecule has 0 aliphatic carbocycles. The third kappa shape index (κ3) is 6.04. The summed E-state index contributed by atoms with van der Waals surface area (Å²) in [4.78, 5) is 29.7. The van der Waals surface area contributed by atoms with E-state index < -0.39 is 11.2 Å². The zero-order valence-electron chi connectivity index (χ0n) is 26.8. The lowest BCUT2D eigenvalue weighted by Gasteiger charge is -2.41. The van der Waals surface area contributed by atoms with E-state index in [0.29, 0.717) is 37.6 Å². The van der Waals surface area contributed by atoms with Gasteiger partial charge in [0.15, 0.2) is 12.4 Å². The summed E-state index contributed by atoms with van der Waals surface area (Å²) in [5.41, 5.74) is 4.45. The first-order valence-corrected chi connectivity index (χ1v) is 15.3. The van der Waals surface area contributed by atoms with Gasteiger partial charge in [-0.1, -0.05) is 12.1 Å². The van der Waals surface area contributed by atoms with Gasteiger partial charge in [-0.05, 0) is 58.7 Å². The molecule has 1 saturated heterocycles. The van der Waals surface area contributed by atoms with Crippen LogP contribution in [0.4, 0.5) is 10.7 Å². The first-order chi connectivity index (χ1) is 21.6. The van der Waals surface area contributed by atoms with E-state index in [1.54, 1.807) is 19.1 Å². The largest absolute Gasteiger partial charge is 0.467 e. The monoisotopic (exact) mass is 615 g/mol. The van der Waals surface area contributed by atoms with Gasteiger partial charge in [0.05, 0.1) is 17.3 Å². The highest BCUT2D eigenvalue weighted by molar-refractivity contribution is 5.86. The molecule has 1 fully saturated rings. The van der Waals surface area contributed by atoms with E-state index in [0.717, 1.165) is 46.5 Å². The number of anilines is 1. The van der Waals surface area contributed by atoms with Crippen LogP contribution in [0.15, 0.2) is 42.7 Å². The van der Waals surface area contributed by atoms with Crippen molar-refractivity contribution in [1.82, 2.24) is 30.0 Å². The van der Waals surface area contributed by atoms with Crippen LogP contribution in [-0.2, 0) is 26.2 Å². The zero-order valence-corrected chi connectivity index (χ0v) is 26.8. The maximum absolute atomic E-state index is 12.6. The Labute approximate surface area is 263 Å². The Kier molecular flexibility index (Phi) is 8.36. The Bertz CT molecular complexity index is 1660. The number of likely N-dealkylation sites (tertiary alicyclic amines) is 1. The highest BCUT2D eigenvalue weighted by atomic mass is 16.7. The fourth-order valence-corrected chi connectivity index (χ4v) is 6.34. The third-order valence-electron chi connectivity index (χ3n) is 8.70. The maximum atomic E-state index is 12.6. The first kappa shape index (κ1) is 30.7. The Balaban J connectivity index is 1.22. The van der Waals surface area contributed by atoms with Crippen LogP contribution >= 0.6 is 0 Å². The van der Waals surface area contributed by atoms with Crippen LogP contribution in [0.25, 0.3) is 22.3 Å². The van der Waals surface area contributed by atoms with Gasteiger partial charge in [-0.25, -0.2) is 14.8 Å². The summed E-state index contributed by atoms with van der Waals surface area (Å²) in [6.07, 6.45) is 5.50. The summed E-state index contributed by atoms with van der Waals surface area (Å²) in [6.45, 7) is 9.77. The molecule has 2 aliphatic heterocycles. The number of aromatic amines is 1. The minimum atomic E-state index is -0.563. The summed E-state index contributed by atoms with van der Waals surface area (Å²) < 4.78 is 22.5. The Morgan fingerprint density at radius 1 is 1.07 bits per heavy atom. The van der Waals surface area contributed by atoms with Crippen molar-refractivity contribution in [2.75, 3.05) is 45.5 Å². The average Bonchev–Trinajstić information content (AvgIpc) is 3.42. The topological polar surface area (TPSA) is 128 Å². The molecule has 0 bridgehead atoms. The predicted octanol–water partition coefficient (Wildman–Crippen LogP) is 5.39. The van der Waals surface area contributed by atoms with E-state index in [4.69, 9.17) is 28.9 Å². The van der Waals surface area contributed by atoms with Gasteiger partial charge in [0, 0.05) is 80.4 Å². The van der Waals surface area contributed by atoms with Gasteiger partial charge in [-0.2, -0.15) is 0 Å². The second-order valence-electron chi connectivity index (χ2n) is 12.6. The van der Waals surface area contributed by atoms with E-state index >= 15 is 0 Å². The average molecular weight is 616 g/mol. The lowest BCUT2D eigenvalue weighted by atomic mass is 9.86. The number of ether oxygens (including phenoxy) is 4. The van der Waals surface area contributed by atoms with Gasteiger partial charge in [0.1, 0.15) is 11.4 Å². The fraction of sp³-hybridized carbons (Fsp3) is 0.485. The van der Waals surface area contributed by atoms with Crippen LogP contribution < -0.4 is 9.64 Å². The normalized spacial score (nSPS) is 18.1. The van der Waals surface area contributed by atoms with Crippen LogP contribution in [0.5, 0.6) is 5.75 Å². The van der Waals surface area contributed by atoms with E-state index in [-0.39, 0.29) is 18.9 Å². The van der Waals surface area contributed by atoms with Gasteiger partial charge >= 0.3 is 6.09 Å². The number of aromatic nitrogens is 5. The molecule has 1 atom stereocenters. The van der Waals surface area contributed by atoms with Crippen LogP contribution in [0.1, 0.15) is 63.4 Å². The van der Waals surface area contributed by atoms with Crippen molar-refractivity contribution in [3.8, 4) is 17.0 Å². The molecular weight excluding hydrogens is 574 g/mol. The number of nitrogens with zero attached hydrogens (tertiary/aromatic N) is 6. The number of benzene rings is 1. The first-order valence-electron chi connectivity index (χ1n) is 15.3. The van der Waals surface area contributed by atoms with E-state index in [1.165, 1.54) is 5.56 Å². The number of nitrogens with one attached hydrogen (secondary N) is 1. The fourth-order valence-electron chi connectivity index (χ4n) is 6.34. The molecule has 238 valence electrons. The van der Waals surface area contributed by atoms with Crippen LogP contribution in [0.2, 0.25) is 0 Å². The molecule has 0 unspecified atom stereocenters. The van der Waals surface area contributed by atoms with Crippen molar-refractivity contribution in [3.63, 3.8) is 0 Å². The minimum absolute atomic E-state index is 0.00108. The number of methoxy groups -OCH3 is 2. The molecule has 12 nitrogen and oxygen atoms in total. The van der Waals surface area contributed by atoms with Crippen molar-refractivity contribution in [1.29, 1.82) is 0 Å². The summed E-state index contributed by atoms with van der Waals surface area (Å²) in [5.74, 6) is 1.34. The van der Waals surface area contributed by atoms with Gasteiger partial charge in [0.2, 0.25) is 5.95 Å². The molecular formula is C33H41N7O5. The Hall–Kier alpha value is -4.29. The molecule has 1 aromatic carbocycles. The molecule has 1 N–H and O–H groups in total. The number of fused-ring (bicyclic) bond motifs is 3. The summed E-state index contributed by atoms with van der Waals surface area (Å²) in [7, 11) is 3.31. The van der Waals surface area contributed by atoms with Crippen LogP contribution in [0, 0.1) is 0 Å². The number of H-pyrrole nitrogens is 1. The smallest absolute Gasteiger partial charge is 0.410 e. The SMILES string of the molecule is COCOc1ccccc1-c1cc2c3c([nH]c2nn1)CCN(c1ncc(C2(OC)CCN(C(=O)OC(C)(C)C)CC2)cn1)[C@@H]3C. The Morgan fingerprint density at radius 2 is 1.80 bits per heavy atom. The number of hydrogen-bond donors (Lipinski definition) is 1. The van der Waals surface area contributed by atoms with Crippen molar-refractivity contribution >= 4 is 23.1 Å². The van der Waals surface area contributed by atoms with Gasteiger partial charge in [0.25, 0.3) is 0 Å². The number of carbonyl (C=O) groups excluding carboxylic acids is 1. The molecule has 5 heterocycles. The number of para-hydroxylation sites is 1. The predicted molar refractivity (Wildman–Crippen MR) is 169 cm³/mol. The maximum Gasteiger partial charge on any atom is 0.410 e. The van der Waals surface area contributed by atoms with Crippen molar-refractivity contribution < 1.29 is 23.7 Å². The van der Waals surface area contributed by atoms with E-state index in [9.17, 15) is 4.79 Å². The second-order valence-corrected chi connectivity index (χ2v) is 12.6. The molecule has 1 amide bonds. The summed E-state index contributed by atoms with van der Waals surface area (Å²) in [6, 6.07) is 9.82. The summed E-state index contributed by atoms with van der Waals surface area (Å²) in [5, 5.41) is 10.1. The van der Waals surface area contributed by atoms with Gasteiger partial charge < -0.3 is 33.7 Å². The standard InChI is InChI=1S/C33H41N7O5/c1-21-28-24-17-26(23-9-7-8-10-27(23)44-20-42-5)37-38-29(24)36-25(28)11-14-40(21)30-34-18-22(19-35-30)33(43-6)12-15-39(16-13-33)31(41)45-32(2,3)4/h7-10,17-19,21H,11-16,20H2,1-6H3,(H,36,38)/t21-/m1/s1. The van der Waals surface area contributed by atoms with Crippen LogP contribution in [0.3, 0.4) is 0 Å². The highest BCUT2D eigenvalue weighted by Gasteiger charge is 2.40. The molecule has 0 radical (unpaired) electrons. The number of amides is 1. The molecule has 12 heteroatoms. The van der Waals surface area contributed by atoms with Crippen molar-refractivity contribution in [2.24, 2.45) is 0 Å². The van der Waals surface area contributed by atoms with Crippen LogP contribution in [-0.4, -0.2) is 82.4 Å². The van der Waals surface area contributed by atoms with Crippen molar-refractivity contribution in [3.05, 3.63) is 59.5 Å². The molecule has 3 aromatic heterocycles. The summed E-state index contributed by atoms with van der Waals surface area (Å²) >= 11 is 0.